The molecule has 1 unspecified atom stereocenters. The number of aryl methyl sites for hydroxylation is 1. The van der Waals surface area contributed by atoms with Gasteiger partial charge in [0.15, 0.2) is 0 Å². The first-order chi connectivity index (χ1) is 9.25. The highest BCUT2D eigenvalue weighted by Gasteiger charge is 2.22. The fourth-order valence-corrected chi connectivity index (χ4v) is 2.54. The van der Waals surface area contributed by atoms with Gasteiger partial charge in [0.25, 0.3) is 0 Å². The molecule has 2 rings (SSSR count). The van der Waals surface area contributed by atoms with Crippen LogP contribution in [0.3, 0.4) is 0 Å². The van der Waals surface area contributed by atoms with Crippen LogP contribution in [0.4, 0.5) is 0 Å². The normalized spacial score (nSPS) is 18.1. The lowest BCUT2D eigenvalue weighted by atomic mass is 10.0. The summed E-state index contributed by atoms with van der Waals surface area (Å²) in [4.78, 5) is 13.3. The maximum absolute atomic E-state index is 11.0. The Bertz CT molecular complexity index is 388. The summed E-state index contributed by atoms with van der Waals surface area (Å²) < 4.78 is 5.33. The lowest BCUT2D eigenvalue weighted by Crippen LogP contribution is -2.44. The molecule has 1 fully saturated rings. The minimum atomic E-state index is -0.718. The maximum atomic E-state index is 11.0. The Morgan fingerprint density at radius 2 is 1.95 bits per heavy atom. The van der Waals surface area contributed by atoms with Crippen LogP contribution in [0.25, 0.3) is 0 Å². The summed E-state index contributed by atoms with van der Waals surface area (Å²) in [6.07, 6.45) is 2.03. The van der Waals surface area contributed by atoms with Crippen LogP contribution in [-0.4, -0.2) is 48.3 Å². The minimum Gasteiger partial charge on any atom is -0.481 e. The van der Waals surface area contributed by atoms with Crippen molar-refractivity contribution in [1.29, 1.82) is 0 Å². The van der Waals surface area contributed by atoms with Crippen LogP contribution in [0.5, 0.6) is 0 Å². The largest absolute Gasteiger partial charge is 0.481 e. The Hall–Kier alpha value is -1.39. The molecule has 1 heterocycles. The monoisotopic (exact) mass is 263 g/mol. The average Bonchev–Trinajstić information content (AvgIpc) is 2.45. The van der Waals surface area contributed by atoms with Gasteiger partial charge in [-0.25, -0.2) is 0 Å². The van der Waals surface area contributed by atoms with Crippen LogP contribution in [0.1, 0.15) is 18.4 Å². The van der Waals surface area contributed by atoms with E-state index in [0.29, 0.717) is 13.2 Å². The zero-order valence-corrected chi connectivity index (χ0v) is 11.1. The first-order valence-electron chi connectivity index (χ1n) is 6.83. The van der Waals surface area contributed by atoms with Crippen LogP contribution in [0.2, 0.25) is 0 Å². The zero-order chi connectivity index (χ0) is 13.5. The van der Waals surface area contributed by atoms with Crippen molar-refractivity contribution in [3.63, 3.8) is 0 Å². The Morgan fingerprint density at radius 3 is 2.58 bits per heavy atom. The van der Waals surface area contributed by atoms with E-state index < -0.39 is 5.97 Å². The van der Waals surface area contributed by atoms with Gasteiger partial charge >= 0.3 is 5.97 Å². The summed E-state index contributed by atoms with van der Waals surface area (Å²) in [5.74, 6) is -0.718. The Morgan fingerprint density at radius 1 is 1.26 bits per heavy atom. The molecule has 1 atom stereocenters. The molecule has 1 aliphatic rings. The van der Waals surface area contributed by atoms with Crippen LogP contribution in [-0.2, 0) is 16.0 Å². The van der Waals surface area contributed by atoms with E-state index in [9.17, 15) is 4.79 Å². The van der Waals surface area contributed by atoms with E-state index in [0.717, 1.165) is 25.9 Å². The summed E-state index contributed by atoms with van der Waals surface area (Å²) >= 11 is 0. The third kappa shape index (κ3) is 4.65. The number of carboxylic acid groups (broad SMARTS) is 1. The van der Waals surface area contributed by atoms with Gasteiger partial charge in [0, 0.05) is 19.1 Å². The number of benzene rings is 1. The molecule has 4 nitrogen and oxygen atoms in total. The average molecular weight is 263 g/mol. The molecular weight excluding hydrogens is 242 g/mol. The van der Waals surface area contributed by atoms with E-state index in [1.807, 2.05) is 18.2 Å². The van der Waals surface area contributed by atoms with E-state index >= 15 is 0 Å². The highest BCUT2D eigenvalue weighted by molar-refractivity contribution is 5.67. The fourth-order valence-electron chi connectivity index (χ4n) is 2.54. The number of aliphatic carboxylic acids is 1. The van der Waals surface area contributed by atoms with Gasteiger partial charge in [0.2, 0.25) is 0 Å². The molecule has 0 saturated carbocycles. The number of rotatable bonds is 6. The van der Waals surface area contributed by atoms with Gasteiger partial charge in [-0.1, -0.05) is 30.3 Å². The quantitative estimate of drug-likeness (QED) is 0.850. The van der Waals surface area contributed by atoms with Gasteiger partial charge in [0.1, 0.15) is 0 Å². The predicted octanol–water partition coefficient (Wildman–Crippen LogP) is 1.79. The van der Waals surface area contributed by atoms with Gasteiger partial charge < -0.3 is 9.84 Å². The maximum Gasteiger partial charge on any atom is 0.304 e. The second kappa shape index (κ2) is 7.26. The number of carboxylic acids is 1. The number of morpholine rings is 1. The Balaban J connectivity index is 1.91. The van der Waals surface area contributed by atoms with Gasteiger partial charge in [0.05, 0.1) is 19.6 Å². The first kappa shape index (κ1) is 14.0. The number of hydrogen-bond donors (Lipinski definition) is 1. The minimum absolute atomic E-state index is 0.113. The smallest absolute Gasteiger partial charge is 0.304 e. The van der Waals surface area contributed by atoms with E-state index in [1.54, 1.807) is 0 Å². The molecule has 0 spiro atoms. The van der Waals surface area contributed by atoms with Crippen molar-refractivity contribution >= 4 is 5.97 Å². The van der Waals surface area contributed by atoms with Gasteiger partial charge in [-0.15, -0.1) is 0 Å². The molecule has 0 radical (unpaired) electrons. The second-order valence-electron chi connectivity index (χ2n) is 4.92. The molecule has 4 heteroatoms. The summed E-state index contributed by atoms with van der Waals surface area (Å²) in [7, 11) is 0. The lowest BCUT2D eigenvalue weighted by Gasteiger charge is -2.33. The summed E-state index contributed by atoms with van der Waals surface area (Å²) in [6.45, 7) is 3.10. The topological polar surface area (TPSA) is 49.8 Å². The van der Waals surface area contributed by atoms with E-state index in [2.05, 4.69) is 17.0 Å². The molecule has 104 valence electrons. The number of hydrogen-bond acceptors (Lipinski definition) is 3. The molecule has 0 bridgehead atoms. The lowest BCUT2D eigenvalue weighted by molar-refractivity contribution is -0.139. The number of nitrogens with zero attached hydrogens (tertiary/aromatic N) is 1. The molecule has 0 aromatic heterocycles. The number of carbonyl (C=O) groups is 1. The number of ether oxygens (including phenoxy) is 1. The molecule has 0 aliphatic carbocycles. The van der Waals surface area contributed by atoms with Crippen LogP contribution in [0.15, 0.2) is 30.3 Å². The van der Waals surface area contributed by atoms with Crippen molar-refractivity contribution in [3.05, 3.63) is 35.9 Å². The summed E-state index contributed by atoms with van der Waals surface area (Å²) in [6, 6.07) is 10.3. The highest BCUT2D eigenvalue weighted by Crippen LogP contribution is 2.15. The Kier molecular flexibility index (Phi) is 5.36. The molecule has 1 aromatic rings. The van der Waals surface area contributed by atoms with E-state index in [-0.39, 0.29) is 12.5 Å². The summed E-state index contributed by atoms with van der Waals surface area (Å²) in [5.41, 5.74) is 1.27. The van der Waals surface area contributed by atoms with Crippen molar-refractivity contribution < 1.29 is 14.6 Å². The molecule has 1 N–H and O–H groups in total. The molecule has 1 aliphatic heterocycles. The fraction of sp³-hybridized carbons (Fsp3) is 0.533. The van der Waals surface area contributed by atoms with Crippen LogP contribution < -0.4 is 0 Å². The van der Waals surface area contributed by atoms with Crippen molar-refractivity contribution in [2.24, 2.45) is 0 Å². The third-order valence-corrected chi connectivity index (χ3v) is 3.58. The molecule has 1 aromatic carbocycles. The van der Waals surface area contributed by atoms with Gasteiger partial charge in [-0.05, 0) is 18.4 Å². The van der Waals surface area contributed by atoms with Crippen LogP contribution in [0, 0.1) is 0 Å². The zero-order valence-electron chi connectivity index (χ0n) is 11.1. The Labute approximate surface area is 114 Å². The van der Waals surface area contributed by atoms with Gasteiger partial charge in [-0.3, -0.25) is 9.69 Å². The predicted molar refractivity (Wildman–Crippen MR) is 73.2 cm³/mol. The third-order valence-electron chi connectivity index (χ3n) is 3.58. The molecule has 1 saturated heterocycles. The molecule has 19 heavy (non-hydrogen) atoms. The standard InChI is InChI=1S/C15H21NO3/c17-15(18)12-14(16-8-10-19-11-9-16)7-6-13-4-2-1-3-5-13/h1-5,14H,6-12H2,(H,17,18). The molecule has 0 amide bonds. The van der Waals surface area contributed by atoms with E-state index in [1.165, 1.54) is 5.56 Å². The van der Waals surface area contributed by atoms with Crippen molar-refractivity contribution in [2.75, 3.05) is 26.3 Å². The molecular formula is C15H21NO3. The van der Waals surface area contributed by atoms with Crippen molar-refractivity contribution in [2.45, 2.75) is 25.3 Å². The van der Waals surface area contributed by atoms with Crippen molar-refractivity contribution in [3.8, 4) is 0 Å². The van der Waals surface area contributed by atoms with E-state index in [4.69, 9.17) is 9.84 Å². The van der Waals surface area contributed by atoms with Crippen LogP contribution >= 0.6 is 0 Å². The first-order valence-corrected chi connectivity index (χ1v) is 6.83. The SMILES string of the molecule is O=C(O)CC(CCc1ccccc1)N1CCOCC1. The summed E-state index contributed by atoms with van der Waals surface area (Å²) in [5, 5.41) is 9.05. The van der Waals surface area contributed by atoms with Crippen molar-refractivity contribution in [1.82, 2.24) is 4.90 Å². The van der Waals surface area contributed by atoms with Gasteiger partial charge in [-0.2, -0.15) is 0 Å². The highest BCUT2D eigenvalue weighted by atomic mass is 16.5. The second-order valence-corrected chi connectivity index (χ2v) is 4.92.